The number of nitrogens with zero attached hydrogens (tertiary/aromatic N) is 7. The standard InChI is InChI=1S/C28H39F2N9O4/c1-17(29)24(32-18-9-19-7-6-8-38(19)27(2,3)12-18)34-25(31-4)33-21-11-22(39-26(41)37(5)35-36-39)23(10-20(21)30)43-16-28(13-40)14-42-15-28/h10-11,18-19,40H,1,6-9,12-16H2,2-5H3,(H2,31,32,33,34)/t18-,19+/m1/s1. The molecule has 3 N–H and O–H groups in total. The molecule has 0 unspecified atom stereocenters. The molecular weight excluding hydrogens is 564 g/mol. The van der Waals surface area contributed by atoms with Crippen molar-refractivity contribution in [1.82, 2.24) is 30.0 Å². The first-order chi connectivity index (χ1) is 20.4. The number of aliphatic imine (C=N–C) groups is 2. The molecule has 5 rings (SSSR count). The fourth-order valence-corrected chi connectivity index (χ4v) is 6.07. The highest BCUT2D eigenvalue weighted by atomic mass is 19.1. The van der Waals surface area contributed by atoms with Gasteiger partial charge in [-0.2, -0.15) is 14.4 Å². The lowest BCUT2D eigenvalue weighted by atomic mass is 9.84. The van der Waals surface area contributed by atoms with Crippen LogP contribution in [0, 0.1) is 11.2 Å². The fraction of sp³-hybridized carbons (Fsp3) is 0.607. The molecule has 1 aromatic heterocycles. The quantitative estimate of drug-likeness (QED) is 0.304. The summed E-state index contributed by atoms with van der Waals surface area (Å²) in [6.45, 7) is 9.31. The SMILES string of the molecule is C=C(F)/C(=N\C(=N/C)Nc1cc(-n2nnn(C)c2=O)c(OCC2(CO)COC2)cc1F)N[C@@H]1C[C@@H]2CCCN2C(C)(C)C1. The van der Waals surface area contributed by atoms with Crippen molar-refractivity contribution < 1.29 is 23.4 Å². The van der Waals surface area contributed by atoms with Gasteiger partial charge in [0.15, 0.2) is 17.5 Å². The van der Waals surface area contributed by atoms with Gasteiger partial charge < -0.3 is 25.2 Å². The van der Waals surface area contributed by atoms with Crippen molar-refractivity contribution in [3.8, 4) is 11.4 Å². The number of aliphatic hydroxyl groups excluding tert-OH is 1. The zero-order valence-electron chi connectivity index (χ0n) is 24.9. The molecule has 0 bridgehead atoms. The molecule has 3 aliphatic heterocycles. The minimum Gasteiger partial charge on any atom is -0.490 e. The van der Waals surface area contributed by atoms with Gasteiger partial charge in [-0.05, 0) is 62.6 Å². The van der Waals surface area contributed by atoms with E-state index in [0.717, 1.165) is 47.7 Å². The fourth-order valence-electron chi connectivity index (χ4n) is 6.07. The van der Waals surface area contributed by atoms with Crippen LogP contribution in [-0.2, 0) is 11.8 Å². The number of anilines is 1. The van der Waals surface area contributed by atoms with Crippen LogP contribution in [0.5, 0.6) is 5.75 Å². The van der Waals surface area contributed by atoms with E-state index in [4.69, 9.17) is 9.47 Å². The highest BCUT2D eigenvalue weighted by Crippen LogP contribution is 2.38. The molecular formula is C28H39F2N9O4. The summed E-state index contributed by atoms with van der Waals surface area (Å²) in [5.74, 6) is -1.70. The predicted molar refractivity (Wildman–Crippen MR) is 157 cm³/mol. The molecule has 43 heavy (non-hydrogen) atoms. The normalized spacial score (nSPS) is 23.4. The summed E-state index contributed by atoms with van der Waals surface area (Å²) < 4.78 is 43.2. The van der Waals surface area contributed by atoms with E-state index in [0.29, 0.717) is 6.04 Å². The van der Waals surface area contributed by atoms with Crippen molar-refractivity contribution in [2.75, 3.05) is 45.3 Å². The molecule has 3 aliphatic rings. The number of tetrazole rings is 1. The molecule has 1 aromatic carbocycles. The molecule has 2 atom stereocenters. The van der Waals surface area contributed by atoms with Gasteiger partial charge >= 0.3 is 5.69 Å². The van der Waals surface area contributed by atoms with Gasteiger partial charge in [0.05, 0.1) is 30.9 Å². The second-order valence-corrected chi connectivity index (χ2v) is 12.2. The lowest BCUT2D eigenvalue weighted by Gasteiger charge is -2.48. The number of rotatable bonds is 8. The molecule has 13 nitrogen and oxygen atoms in total. The summed E-state index contributed by atoms with van der Waals surface area (Å²) in [6.07, 6.45) is 3.87. The molecule has 0 radical (unpaired) electrons. The third-order valence-corrected chi connectivity index (χ3v) is 8.42. The highest BCUT2D eigenvalue weighted by Gasteiger charge is 2.43. The Hall–Kier alpha value is -3.69. The largest absolute Gasteiger partial charge is 0.490 e. The van der Waals surface area contributed by atoms with Crippen molar-refractivity contribution in [3.63, 3.8) is 0 Å². The molecule has 234 valence electrons. The molecule has 0 amide bonds. The van der Waals surface area contributed by atoms with Gasteiger partial charge in [0, 0.05) is 37.8 Å². The number of halogens is 2. The Balaban J connectivity index is 1.40. The molecule has 0 saturated carbocycles. The zero-order chi connectivity index (χ0) is 30.9. The molecule has 4 heterocycles. The van der Waals surface area contributed by atoms with Crippen molar-refractivity contribution in [2.24, 2.45) is 22.4 Å². The minimum absolute atomic E-state index is 0.00391. The maximum atomic E-state index is 15.5. The number of hydrogen-bond acceptors (Lipinski definition) is 8. The van der Waals surface area contributed by atoms with Crippen molar-refractivity contribution in [1.29, 1.82) is 0 Å². The van der Waals surface area contributed by atoms with Gasteiger partial charge in [-0.25, -0.2) is 13.6 Å². The van der Waals surface area contributed by atoms with Crippen LogP contribution in [0.1, 0.15) is 39.5 Å². The number of nitrogens with one attached hydrogen (secondary N) is 2. The first kappa shape index (κ1) is 30.8. The maximum absolute atomic E-state index is 15.5. The number of aryl methyl sites for hydroxylation is 1. The van der Waals surface area contributed by atoms with Crippen LogP contribution in [0.15, 0.2) is 39.3 Å². The van der Waals surface area contributed by atoms with E-state index in [1.165, 1.54) is 20.2 Å². The van der Waals surface area contributed by atoms with E-state index >= 15 is 4.39 Å². The van der Waals surface area contributed by atoms with E-state index in [1.54, 1.807) is 0 Å². The van der Waals surface area contributed by atoms with E-state index in [-0.39, 0.29) is 66.9 Å². The molecule has 2 aromatic rings. The first-order valence-electron chi connectivity index (χ1n) is 14.3. The zero-order valence-corrected chi connectivity index (χ0v) is 24.9. The van der Waals surface area contributed by atoms with Gasteiger partial charge in [0.1, 0.15) is 18.0 Å². The van der Waals surface area contributed by atoms with Gasteiger partial charge in [0.2, 0.25) is 5.96 Å². The van der Waals surface area contributed by atoms with Crippen LogP contribution in [0.2, 0.25) is 0 Å². The topological polar surface area (TPSA) is 143 Å². The molecule has 3 fully saturated rings. The van der Waals surface area contributed by atoms with Gasteiger partial charge in [0.25, 0.3) is 0 Å². The van der Waals surface area contributed by atoms with Crippen LogP contribution in [0.3, 0.4) is 0 Å². The summed E-state index contributed by atoms with van der Waals surface area (Å²) in [5, 5.41) is 23.4. The Morgan fingerprint density at radius 2 is 2.09 bits per heavy atom. The number of guanidine groups is 1. The Kier molecular flexibility index (Phi) is 8.68. The summed E-state index contributed by atoms with van der Waals surface area (Å²) in [4.78, 5) is 23.6. The first-order valence-corrected chi connectivity index (χ1v) is 14.3. The summed E-state index contributed by atoms with van der Waals surface area (Å²) >= 11 is 0. The van der Waals surface area contributed by atoms with Crippen molar-refractivity contribution >= 4 is 17.5 Å². The van der Waals surface area contributed by atoms with Crippen LogP contribution in [-0.4, -0.2) is 99.2 Å². The minimum atomic E-state index is -0.775. The smallest absolute Gasteiger partial charge is 0.368 e. The molecule has 15 heteroatoms. The summed E-state index contributed by atoms with van der Waals surface area (Å²) in [5.41, 5.74) is -1.29. The van der Waals surface area contributed by atoms with Crippen LogP contribution in [0.25, 0.3) is 5.69 Å². The second kappa shape index (κ2) is 12.1. The predicted octanol–water partition coefficient (Wildman–Crippen LogP) is 1.77. The number of amidine groups is 1. The average Bonchev–Trinajstić information content (AvgIpc) is 3.55. The Morgan fingerprint density at radius 1 is 1.33 bits per heavy atom. The summed E-state index contributed by atoms with van der Waals surface area (Å²) in [6, 6.07) is 2.77. The number of fused-ring (bicyclic) bond motifs is 1. The van der Waals surface area contributed by atoms with E-state index in [2.05, 4.69) is 56.4 Å². The number of benzene rings is 1. The third-order valence-electron chi connectivity index (χ3n) is 8.42. The van der Waals surface area contributed by atoms with Crippen LogP contribution < -0.4 is 21.1 Å². The molecule has 0 aliphatic carbocycles. The van der Waals surface area contributed by atoms with E-state index < -0.39 is 22.7 Å². The van der Waals surface area contributed by atoms with Crippen molar-refractivity contribution in [2.45, 2.75) is 57.2 Å². The van der Waals surface area contributed by atoms with Gasteiger partial charge in [-0.3, -0.25) is 9.89 Å². The third kappa shape index (κ3) is 6.33. The Labute approximate surface area is 248 Å². The van der Waals surface area contributed by atoms with Gasteiger partial charge in [-0.15, -0.1) is 0 Å². The van der Waals surface area contributed by atoms with Crippen LogP contribution in [0.4, 0.5) is 14.5 Å². The average molecular weight is 604 g/mol. The molecule has 0 spiro atoms. The number of hydrogen-bond donors (Lipinski definition) is 3. The molecule has 3 saturated heterocycles. The van der Waals surface area contributed by atoms with E-state index in [9.17, 15) is 14.3 Å². The maximum Gasteiger partial charge on any atom is 0.368 e. The van der Waals surface area contributed by atoms with Crippen molar-refractivity contribution in [3.05, 3.63) is 40.8 Å². The Morgan fingerprint density at radius 3 is 2.70 bits per heavy atom. The summed E-state index contributed by atoms with van der Waals surface area (Å²) in [7, 11) is 2.86. The van der Waals surface area contributed by atoms with Gasteiger partial charge in [-0.1, -0.05) is 6.58 Å². The number of aliphatic hydroxyl groups is 1. The lowest BCUT2D eigenvalue weighted by molar-refractivity contribution is -0.153. The van der Waals surface area contributed by atoms with E-state index in [1.807, 2.05) is 0 Å². The second-order valence-electron chi connectivity index (χ2n) is 12.2. The number of aromatic nitrogens is 4. The lowest BCUT2D eigenvalue weighted by Crippen LogP contribution is -2.57. The number of piperidine rings is 1. The number of ether oxygens (including phenoxy) is 2. The Bertz CT molecular complexity index is 1480. The van der Waals surface area contributed by atoms with Crippen LogP contribution >= 0.6 is 0 Å². The monoisotopic (exact) mass is 603 g/mol. The highest BCUT2D eigenvalue weighted by molar-refractivity contribution is 6.07.